The van der Waals surface area contributed by atoms with E-state index in [0.29, 0.717) is 5.56 Å². The van der Waals surface area contributed by atoms with Gasteiger partial charge in [0.05, 0.1) is 6.54 Å². The molecular formula is C14H16F3N3O3. The van der Waals surface area contributed by atoms with Crippen molar-refractivity contribution in [2.24, 2.45) is 5.73 Å². The van der Waals surface area contributed by atoms with Crippen molar-refractivity contribution in [1.29, 1.82) is 0 Å². The molecule has 1 unspecified atom stereocenters. The number of halogens is 3. The third-order valence-corrected chi connectivity index (χ3v) is 3.73. The van der Waals surface area contributed by atoms with Crippen molar-refractivity contribution in [2.45, 2.75) is 24.7 Å². The number of rotatable bonds is 3. The maximum atomic E-state index is 12.8. The predicted molar refractivity (Wildman–Crippen MR) is 74.4 cm³/mol. The third kappa shape index (κ3) is 3.73. The molecule has 0 radical (unpaired) electrons. The molecule has 1 aliphatic heterocycles. The van der Waals surface area contributed by atoms with E-state index in [2.05, 4.69) is 5.32 Å². The summed E-state index contributed by atoms with van der Waals surface area (Å²) in [5, 5.41) is 12.0. The fourth-order valence-corrected chi connectivity index (χ4v) is 2.34. The van der Waals surface area contributed by atoms with E-state index < -0.39 is 36.7 Å². The van der Waals surface area contributed by atoms with Crippen LogP contribution in [0, 0.1) is 0 Å². The number of urea groups is 1. The molecule has 1 heterocycles. The first-order valence-electron chi connectivity index (χ1n) is 6.83. The van der Waals surface area contributed by atoms with Crippen LogP contribution in [-0.2, 0) is 6.54 Å². The number of nitrogens with two attached hydrogens (primary N) is 1. The Morgan fingerprint density at radius 3 is 2.39 bits per heavy atom. The largest absolute Gasteiger partial charge is 0.419 e. The lowest BCUT2D eigenvalue weighted by atomic mass is 10.0. The molecule has 4 N–H and O–H groups in total. The minimum atomic E-state index is -4.77. The van der Waals surface area contributed by atoms with E-state index in [0.717, 1.165) is 4.90 Å². The molecule has 3 amide bonds. The molecule has 1 aromatic rings. The van der Waals surface area contributed by atoms with E-state index in [4.69, 9.17) is 5.73 Å². The van der Waals surface area contributed by atoms with Crippen LogP contribution < -0.4 is 11.1 Å². The third-order valence-electron chi connectivity index (χ3n) is 3.73. The molecule has 6 nitrogen and oxygen atoms in total. The minimum absolute atomic E-state index is 0.167. The number of carbonyl (C=O) groups excluding carboxylic acids is 2. The van der Waals surface area contributed by atoms with Gasteiger partial charge in [0.15, 0.2) is 5.60 Å². The molecule has 0 saturated carbocycles. The quantitative estimate of drug-likeness (QED) is 0.771. The Morgan fingerprint density at radius 1 is 1.30 bits per heavy atom. The fourth-order valence-electron chi connectivity index (χ4n) is 2.34. The summed E-state index contributed by atoms with van der Waals surface area (Å²) >= 11 is 0. The van der Waals surface area contributed by atoms with Crippen molar-refractivity contribution in [2.75, 3.05) is 13.1 Å². The Kier molecular flexibility index (Phi) is 4.51. The number of primary amides is 1. The van der Waals surface area contributed by atoms with Crippen molar-refractivity contribution >= 4 is 11.9 Å². The van der Waals surface area contributed by atoms with Crippen molar-refractivity contribution in [3.05, 3.63) is 35.4 Å². The van der Waals surface area contributed by atoms with Crippen LogP contribution in [0.5, 0.6) is 0 Å². The van der Waals surface area contributed by atoms with Crippen LogP contribution in [0.2, 0.25) is 0 Å². The number of carbonyl (C=O) groups is 2. The molecule has 1 atom stereocenters. The molecule has 1 fully saturated rings. The van der Waals surface area contributed by atoms with Crippen LogP contribution in [0.25, 0.3) is 0 Å². The first kappa shape index (κ1) is 17.1. The highest BCUT2D eigenvalue weighted by atomic mass is 19.4. The average Bonchev–Trinajstić information content (AvgIpc) is 2.88. The van der Waals surface area contributed by atoms with E-state index in [9.17, 15) is 27.9 Å². The van der Waals surface area contributed by atoms with Crippen molar-refractivity contribution in [1.82, 2.24) is 10.2 Å². The highest BCUT2D eigenvalue weighted by molar-refractivity contribution is 5.94. The summed E-state index contributed by atoms with van der Waals surface area (Å²) in [6.45, 7) is -0.762. The number of β-amino-alcohol motifs (C(OH)–C–C–N with tert-alkyl or cyclic N) is 1. The van der Waals surface area contributed by atoms with Gasteiger partial charge in [-0.05, 0) is 17.7 Å². The SMILES string of the molecule is NC(=O)NCc1ccc(C(=O)N2CCC(O)(C(F)(F)F)C2)cc1. The number of amides is 3. The zero-order chi connectivity index (χ0) is 17.3. The van der Waals surface area contributed by atoms with Crippen LogP contribution in [-0.4, -0.2) is 46.8 Å². The maximum absolute atomic E-state index is 12.8. The van der Waals surface area contributed by atoms with Gasteiger partial charge in [0, 0.05) is 25.1 Å². The second-order valence-corrected chi connectivity index (χ2v) is 5.42. The van der Waals surface area contributed by atoms with Crippen molar-refractivity contribution < 1.29 is 27.9 Å². The topological polar surface area (TPSA) is 95.7 Å². The predicted octanol–water partition coefficient (Wildman–Crippen LogP) is 0.994. The zero-order valence-electron chi connectivity index (χ0n) is 12.1. The molecule has 2 rings (SSSR count). The molecule has 0 aromatic heterocycles. The molecule has 126 valence electrons. The van der Waals surface area contributed by atoms with E-state index in [1.165, 1.54) is 12.1 Å². The van der Waals surface area contributed by atoms with Gasteiger partial charge in [-0.2, -0.15) is 13.2 Å². The Balaban J connectivity index is 2.03. The first-order chi connectivity index (χ1) is 10.6. The van der Waals surface area contributed by atoms with Crippen LogP contribution in [0.1, 0.15) is 22.3 Å². The molecule has 1 aliphatic rings. The summed E-state index contributed by atoms with van der Waals surface area (Å²) in [6, 6.07) is 5.34. The van der Waals surface area contributed by atoms with Crippen LogP contribution in [0.15, 0.2) is 24.3 Å². The standard InChI is InChI=1S/C14H16F3N3O3/c15-14(16,17)13(23)5-6-20(8-13)11(21)10-3-1-9(2-4-10)7-19-12(18)22/h1-4,23H,5-8H2,(H3,18,19,22). The van der Waals surface area contributed by atoms with E-state index in [1.807, 2.05) is 0 Å². The first-order valence-corrected chi connectivity index (χ1v) is 6.83. The summed E-state index contributed by atoms with van der Waals surface area (Å²) in [7, 11) is 0. The summed E-state index contributed by atoms with van der Waals surface area (Å²) in [4.78, 5) is 23.8. The lowest BCUT2D eigenvalue weighted by Gasteiger charge is -2.25. The lowest BCUT2D eigenvalue weighted by Crippen LogP contribution is -2.48. The minimum Gasteiger partial charge on any atom is -0.379 e. The Bertz CT molecular complexity index is 604. The molecule has 0 spiro atoms. The van der Waals surface area contributed by atoms with Gasteiger partial charge in [-0.25, -0.2) is 4.79 Å². The molecule has 23 heavy (non-hydrogen) atoms. The van der Waals surface area contributed by atoms with Crippen molar-refractivity contribution in [3.63, 3.8) is 0 Å². The van der Waals surface area contributed by atoms with Gasteiger partial charge in [0.1, 0.15) is 0 Å². The molecule has 0 bridgehead atoms. The molecule has 0 aliphatic carbocycles. The van der Waals surface area contributed by atoms with Gasteiger partial charge in [-0.1, -0.05) is 12.1 Å². The van der Waals surface area contributed by atoms with Crippen molar-refractivity contribution in [3.8, 4) is 0 Å². The Labute approximate surface area is 130 Å². The second kappa shape index (κ2) is 6.07. The normalized spacial score (nSPS) is 21.3. The summed E-state index contributed by atoms with van der Waals surface area (Å²) < 4.78 is 38.3. The lowest BCUT2D eigenvalue weighted by molar-refractivity contribution is -0.253. The van der Waals surface area contributed by atoms with Gasteiger partial charge in [0.25, 0.3) is 5.91 Å². The monoisotopic (exact) mass is 331 g/mol. The number of hydrogen-bond donors (Lipinski definition) is 3. The number of alkyl halides is 3. The van der Waals surface area contributed by atoms with Gasteiger partial charge in [-0.3, -0.25) is 4.79 Å². The number of nitrogens with one attached hydrogen (secondary N) is 1. The summed E-state index contributed by atoms with van der Waals surface area (Å²) in [5.41, 5.74) is 2.98. The smallest absolute Gasteiger partial charge is 0.379 e. The highest BCUT2D eigenvalue weighted by Gasteiger charge is 2.57. The number of benzene rings is 1. The average molecular weight is 331 g/mol. The van der Waals surface area contributed by atoms with Gasteiger partial charge < -0.3 is 21.1 Å². The van der Waals surface area contributed by atoms with E-state index in [-0.39, 0.29) is 18.7 Å². The van der Waals surface area contributed by atoms with Crippen LogP contribution in [0.3, 0.4) is 0 Å². The van der Waals surface area contributed by atoms with E-state index in [1.54, 1.807) is 12.1 Å². The fraction of sp³-hybridized carbons (Fsp3) is 0.429. The Morgan fingerprint density at radius 2 is 1.91 bits per heavy atom. The second-order valence-electron chi connectivity index (χ2n) is 5.42. The van der Waals surface area contributed by atoms with E-state index >= 15 is 0 Å². The van der Waals surface area contributed by atoms with Crippen LogP contribution in [0.4, 0.5) is 18.0 Å². The zero-order valence-corrected chi connectivity index (χ0v) is 12.1. The molecular weight excluding hydrogens is 315 g/mol. The number of likely N-dealkylation sites (tertiary alicyclic amines) is 1. The van der Waals surface area contributed by atoms with Crippen LogP contribution >= 0.6 is 0 Å². The van der Waals surface area contributed by atoms with Gasteiger partial charge in [-0.15, -0.1) is 0 Å². The summed E-state index contributed by atoms with van der Waals surface area (Å²) in [5.74, 6) is -0.584. The molecule has 9 heteroatoms. The number of nitrogens with zero attached hydrogens (tertiary/aromatic N) is 1. The maximum Gasteiger partial charge on any atom is 0.419 e. The number of hydrogen-bond acceptors (Lipinski definition) is 3. The number of aliphatic hydroxyl groups is 1. The Hall–Kier alpha value is -2.29. The van der Waals surface area contributed by atoms with Gasteiger partial charge in [0.2, 0.25) is 0 Å². The summed E-state index contributed by atoms with van der Waals surface area (Å²) in [6.07, 6.45) is -5.31. The molecule has 1 saturated heterocycles. The van der Waals surface area contributed by atoms with Gasteiger partial charge >= 0.3 is 12.2 Å². The molecule has 1 aromatic carbocycles. The highest BCUT2D eigenvalue weighted by Crippen LogP contribution is 2.37.